The van der Waals surface area contributed by atoms with Crippen LogP contribution in [0.25, 0.3) is 22.2 Å². The number of likely N-dealkylation sites (tertiary alicyclic amines) is 1. The molecule has 4 aromatic rings. The quantitative estimate of drug-likeness (QED) is 0.292. The van der Waals surface area contributed by atoms with Gasteiger partial charge in [0.2, 0.25) is 5.91 Å². The SMILES string of the molecule is COc1ccc2c(c1)C1CC1(C(=O)N1C[C@H]3C[C@H](C1)c1cccc(=O)n1C3)Cn1c-2c(C2CCCCC2)c2ccc(C(=O)NS(=O)(=O)N(C)C)cc21. The molecule has 2 saturated carbocycles. The molecule has 3 aliphatic heterocycles. The zero-order chi connectivity index (χ0) is 36.1. The summed E-state index contributed by atoms with van der Waals surface area (Å²) in [5, 5.41) is 1.05. The highest BCUT2D eigenvalue weighted by molar-refractivity contribution is 7.87. The fourth-order valence-electron chi connectivity index (χ4n) is 10.1. The van der Waals surface area contributed by atoms with Crippen LogP contribution >= 0.6 is 0 Å². The second kappa shape index (κ2) is 12.1. The molecule has 0 spiro atoms. The maximum atomic E-state index is 15.2. The summed E-state index contributed by atoms with van der Waals surface area (Å²) in [7, 11) is 0.436. The van der Waals surface area contributed by atoms with Gasteiger partial charge in [0.05, 0.1) is 18.2 Å². The number of fused-ring (bicyclic) bond motifs is 11. The third kappa shape index (κ3) is 5.15. The number of nitrogens with one attached hydrogen (secondary N) is 1. The zero-order valence-corrected chi connectivity index (χ0v) is 30.7. The molecule has 52 heavy (non-hydrogen) atoms. The Labute approximate surface area is 303 Å². The first-order valence-corrected chi connectivity index (χ1v) is 20.0. The van der Waals surface area contributed by atoms with Gasteiger partial charge in [-0.05, 0) is 85.0 Å². The van der Waals surface area contributed by atoms with Gasteiger partial charge in [0.25, 0.3) is 11.5 Å². The minimum atomic E-state index is -4.00. The molecule has 0 radical (unpaired) electrons. The maximum Gasteiger partial charge on any atom is 0.303 e. The van der Waals surface area contributed by atoms with Gasteiger partial charge < -0.3 is 18.8 Å². The predicted molar refractivity (Wildman–Crippen MR) is 198 cm³/mol. The van der Waals surface area contributed by atoms with Crippen molar-refractivity contribution in [1.29, 1.82) is 0 Å². The molecular formula is C40H45N5O6S. The maximum absolute atomic E-state index is 15.2. The number of hydrogen-bond acceptors (Lipinski definition) is 6. The molecule has 272 valence electrons. The van der Waals surface area contributed by atoms with Crippen molar-refractivity contribution in [2.45, 2.75) is 75.8 Å². The monoisotopic (exact) mass is 723 g/mol. The molecule has 12 heteroatoms. The second-order valence-electron chi connectivity index (χ2n) is 15.9. The standard InChI is InChI=1S/C40H45N5O6S/c1-42(2)52(49,50)41-38(47)26-12-14-30-34(17-26)45-23-40(39(48)43-20-24-16-27(22-43)33-10-7-11-35(46)44(33)21-24)19-32(40)31-18-28(51-3)13-15-29(31)37(45)36(30)25-8-5-4-6-9-25/h7,10-15,17-18,24-25,27,32H,4-6,8-9,16,19-23H2,1-3H3,(H,41,47)/t24-,27-,32?,40?/m1/s1. The van der Waals surface area contributed by atoms with Crippen molar-refractivity contribution >= 4 is 32.9 Å². The van der Waals surface area contributed by atoms with Crippen molar-refractivity contribution in [1.82, 2.24) is 23.1 Å². The van der Waals surface area contributed by atoms with Gasteiger partial charge in [-0.15, -0.1) is 0 Å². The number of pyridine rings is 1. The lowest BCUT2D eigenvalue weighted by molar-refractivity contribution is -0.140. The van der Waals surface area contributed by atoms with Crippen molar-refractivity contribution < 1.29 is 22.7 Å². The number of carbonyl (C=O) groups is 2. The van der Waals surface area contributed by atoms with E-state index in [0.717, 1.165) is 75.6 Å². The highest BCUT2D eigenvalue weighted by Gasteiger charge is 2.64. The van der Waals surface area contributed by atoms with Crippen LogP contribution in [0.5, 0.6) is 5.75 Å². The zero-order valence-electron chi connectivity index (χ0n) is 29.9. The van der Waals surface area contributed by atoms with Crippen molar-refractivity contribution in [3.05, 3.63) is 87.3 Å². The molecule has 2 aliphatic carbocycles. The van der Waals surface area contributed by atoms with E-state index in [2.05, 4.69) is 26.3 Å². The molecule has 9 rings (SSSR count). The molecule has 2 unspecified atom stereocenters. The average molecular weight is 724 g/mol. The summed E-state index contributed by atoms with van der Waals surface area (Å²) < 4.78 is 38.4. The molecular weight excluding hydrogens is 679 g/mol. The normalized spacial score (nSPS) is 25.1. The highest BCUT2D eigenvalue weighted by Crippen LogP contribution is 2.66. The number of aromatic nitrogens is 2. The molecule has 5 aliphatic rings. The van der Waals surface area contributed by atoms with Crippen molar-refractivity contribution in [3.8, 4) is 17.0 Å². The molecule has 2 aromatic heterocycles. The Kier molecular flexibility index (Phi) is 7.75. The summed E-state index contributed by atoms with van der Waals surface area (Å²) in [5.41, 5.74) is 6.00. The van der Waals surface area contributed by atoms with Crippen molar-refractivity contribution in [2.75, 3.05) is 34.3 Å². The first-order valence-electron chi connectivity index (χ1n) is 18.6. The van der Waals surface area contributed by atoms with Crippen LogP contribution in [-0.4, -0.2) is 72.9 Å². The molecule has 2 amide bonds. The smallest absolute Gasteiger partial charge is 0.303 e. The van der Waals surface area contributed by atoms with Gasteiger partial charge in [0.15, 0.2) is 0 Å². The topological polar surface area (TPSA) is 123 Å². The number of hydrogen-bond donors (Lipinski definition) is 1. The van der Waals surface area contributed by atoms with Gasteiger partial charge in [0, 0.05) is 85.9 Å². The van der Waals surface area contributed by atoms with E-state index in [4.69, 9.17) is 4.74 Å². The number of nitrogens with zero attached hydrogens (tertiary/aromatic N) is 4. The van der Waals surface area contributed by atoms with Crippen LogP contribution in [-0.2, 0) is 28.1 Å². The molecule has 2 bridgehead atoms. The summed E-state index contributed by atoms with van der Waals surface area (Å²) in [6.45, 7) is 2.27. The lowest BCUT2D eigenvalue weighted by atomic mass is 9.81. The van der Waals surface area contributed by atoms with Gasteiger partial charge in [-0.2, -0.15) is 12.7 Å². The van der Waals surface area contributed by atoms with Crippen LogP contribution < -0.4 is 15.0 Å². The minimum absolute atomic E-state index is 0.00681. The first-order chi connectivity index (χ1) is 25.0. The van der Waals surface area contributed by atoms with Crippen LogP contribution in [0.3, 0.4) is 0 Å². The van der Waals surface area contributed by atoms with E-state index in [1.807, 2.05) is 34.9 Å². The Morgan fingerprint density at radius 2 is 1.75 bits per heavy atom. The van der Waals surface area contributed by atoms with E-state index in [9.17, 15) is 18.0 Å². The van der Waals surface area contributed by atoms with Gasteiger partial charge in [-0.25, -0.2) is 4.72 Å². The van der Waals surface area contributed by atoms with Crippen LogP contribution in [0.4, 0.5) is 0 Å². The number of methoxy groups -OCH3 is 1. The number of rotatable bonds is 6. The summed E-state index contributed by atoms with van der Waals surface area (Å²) in [5.74, 6) is 0.840. The molecule has 2 aromatic carbocycles. The summed E-state index contributed by atoms with van der Waals surface area (Å²) in [4.78, 5) is 43.4. The third-order valence-corrected chi connectivity index (χ3v) is 14.1. The van der Waals surface area contributed by atoms with E-state index in [0.29, 0.717) is 38.5 Å². The molecule has 1 saturated heterocycles. The fraction of sp³-hybridized carbons (Fsp3) is 0.475. The van der Waals surface area contributed by atoms with Gasteiger partial charge in [0.1, 0.15) is 5.75 Å². The van der Waals surface area contributed by atoms with Crippen molar-refractivity contribution in [3.63, 3.8) is 0 Å². The van der Waals surface area contributed by atoms with Crippen LogP contribution in [0.2, 0.25) is 0 Å². The second-order valence-corrected chi connectivity index (χ2v) is 17.8. The lowest BCUT2D eigenvalue weighted by Crippen LogP contribution is -2.51. The fourth-order valence-corrected chi connectivity index (χ4v) is 10.6. The summed E-state index contributed by atoms with van der Waals surface area (Å²) in [6, 6.07) is 17.3. The average Bonchev–Trinajstić information content (AvgIpc) is 3.81. The Balaban J connectivity index is 1.19. The van der Waals surface area contributed by atoms with E-state index in [1.54, 1.807) is 19.2 Å². The number of piperidine rings is 1. The number of carbonyl (C=O) groups excluding carboxylic acids is 2. The lowest BCUT2D eigenvalue weighted by Gasteiger charge is -2.44. The van der Waals surface area contributed by atoms with Gasteiger partial charge in [-0.3, -0.25) is 14.4 Å². The third-order valence-electron chi connectivity index (χ3n) is 12.7. The van der Waals surface area contributed by atoms with Crippen molar-refractivity contribution in [2.24, 2.45) is 11.3 Å². The first kappa shape index (κ1) is 33.4. The Morgan fingerprint density at radius 3 is 2.52 bits per heavy atom. The number of benzene rings is 2. The minimum Gasteiger partial charge on any atom is -0.497 e. The summed E-state index contributed by atoms with van der Waals surface area (Å²) in [6.07, 6.45) is 7.30. The van der Waals surface area contributed by atoms with E-state index in [-0.39, 0.29) is 34.8 Å². The van der Waals surface area contributed by atoms with E-state index in [1.165, 1.54) is 26.1 Å². The number of ether oxygens (including phenoxy) is 1. The molecule has 5 heterocycles. The van der Waals surface area contributed by atoms with Crippen LogP contribution in [0.15, 0.2) is 59.4 Å². The van der Waals surface area contributed by atoms with Gasteiger partial charge in [-0.1, -0.05) is 31.4 Å². The van der Waals surface area contributed by atoms with Crippen LogP contribution in [0, 0.1) is 11.3 Å². The molecule has 3 fully saturated rings. The summed E-state index contributed by atoms with van der Waals surface area (Å²) >= 11 is 0. The molecule has 11 nitrogen and oxygen atoms in total. The van der Waals surface area contributed by atoms with Gasteiger partial charge >= 0.3 is 10.2 Å². The Morgan fingerprint density at radius 1 is 0.942 bits per heavy atom. The Hall–Kier alpha value is -4.42. The molecule has 1 N–H and O–H groups in total. The largest absolute Gasteiger partial charge is 0.497 e. The van der Waals surface area contributed by atoms with E-state index >= 15 is 4.79 Å². The predicted octanol–water partition coefficient (Wildman–Crippen LogP) is 5.20. The Bertz CT molecular complexity index is 2320. The number of amides is 2. The molecule has 4 atom stereocenters. The highest BCUT2D eigenvalue weighted by atomic mass is 32.2. The van der Waals surface area contributed by atoms with Crippen LogP contribution in [0.1, 0.15) is 89.9 Å². The van der Waals surface area contributed by atoms with E-state index < -0.39 is 21.5 Å².